The maximum absolute atomic E-state index is 6.16. The highest BCUT2D eigenvalue weighted by molar-refractivity contribution is 7.13. The van der Waals surface area contributed by atoms with Crippen LogP contribution in [-0.2, 0) is 0 Å². The molecule has 4 nitrogen and oxygen atoms in total. The summed E-state index contributed by atoms with van der Waals surface area (Å²) in [5, 5.41) is 4.53. The summed E-state index contributed by atoms with van der Waals surface area (Å²) in [5.41, 5.74) is 9.20. The molecule has 0 amide bonds. The first-order valence-electron chi connectivity index (χ1n) is 12.8. The van der Waals surface area contributed by atoms with E-state index in [1.165, 1.54) is 26.7 Å². The standard InChI is InChI=1S/C34H21N3OS/c1-2-14-31-29(13-1)36-34(38-31)23-16-17-25-26-10-6-11-27(32-15-7-19-39-32)33(26)37(30(25)21-23)24-9-5-8-22(20-24)28-12-3-4-18-35-28/h1-21H. The molecule has 0 fully saturated rings. The smallest absolute Gasteiger partial charge is 0.227 e. The third-order valence-electron chi connectivity index (χ3n) is 7.18. The fraction of sp³-hybridized carbons (Fsp3) is 0. The van der Waals surface area contributed by atoms with Crippen molar-refractivity contribution in [3.63, 3.8) is 0 Å². The van der Waals surface area contributed by atoms with Crippen molar-refractivity contribution in [2.45, 2.75) is 0 Å². The number of thiophene rings is 1. The van der Waals surface area contributed by atoms with Gasteiger partial charge in [0.15, 0.2) is 5.58 Å². The molecule has 0 aliphatic heterocycles. The van der Waals surface area contributed by atoms with Crippen molar-refractivity contribution in [3.8, 4) is 38.8 Å². The molecule has 4 aromatic heterocycles. The van der Waals surface area contributed by atoms with Crippen molar-refractivity contribution in [1.29, 1.82) is 0 Å². The molecule has 8 aromatic rings. The van der Waals surface area contributed by atoms with Crippen LogP contribution in [0, 0.1) is 0 Å². The molecule has 39 heavy (non-hydrogen) atoms. The van der Waals surface area contributed by atoms with Crippen LogP contribution >= 0.6 is 11.3 Å². The normalized spacial score (nSPS) is 11.6. The van der Waals surface area contributed by atoms with Crippen LogP contribution < -0.4 is 0 Å². The van der Waals surface area contributed by atoms with E-state index in [0.29, 0.717) is 5.89 Å². The quantitative estimate of drug-likeness (QED) is 0.233. The minimum absolute atomic E-state index is 0.621. The van der Waals surface area contributed by atoms with E-state index in [0.717, 1.165) is 39.1 Å². The molecule has 0 bridgehead atoms. The monoisotopic (exact) mass is 519 g/mol. The van der Waals surface area contributed by atoms with E-state index in [-0.39, 0.29) is 0 Å². The molecule has 8 rings (SSSR count). The lowest BCUT2D eigenvalue weighted by molar-refractivity contribution is 0.620. The van der Waals surface area contributed by atoms with Crippen LogP contribution in [0.5, 0.6) is 0 Å². The summed E-state index contributed by atoms with van der Waals surface area (Å²) in [4.78, 5) is 10.6. The first-order chi connectivity index (χ1) is 19.3. The first-order valence-corrected chi connectivity index (χ1v) is 13.7. The summed E-state index contributed by atoms with van der Waals surface area (Å²) in [6.45, 7) is 0. The van der Waals surface area contributed by atoms with Gasteiger partial charge in [0.2, 0.25) is 5.89 Å². The highest BCUT2D eigenvalue weighted by Gasteiger charge is 2.19. The third-order valence-corrected chi connectivity index (χ3v) is 8.08. The third kappa shape index (κ3) is 3.59. The van der Waals surface area contributed by atoms with Gasteiger partial charge in [-0.25, -0.2) is 4.98 Å². The molecule has 184 valence electrons. The van der Waals surface area contributed by atoms with E-state index in [9.17, 15) is 0 Å². The number of aromatic nitrogens is 3. The summed E-state index contributed by atoms with van der Waals surface area (Å²) in [6, 6.07) is 39.9. The molecule has 0 unspecified atom stereocenters. The van der Waals surface area contributed by atoms with Crippen LogP contribution in [-0.4, -0.2) is 14.5 Å². The second kappa shape index (κ2) is 8.79. The fourth-order valence-corrected chi connectivity index (χ4v) is 6.18. The number of nitrogens with zero attached hydrogens (tertiary/aromatic N) is 3. The molecule has 0 atom stereocenters. The van der Waals surface area contributed by atoms with Crippen LogP contribution in [0.1, 0.15) is 0 Å². The Hall–Kier alpha value is -5.00. The highest BCUT2D eigenvalue weighted by atomic mass is 32.1. The summed E-state index contributed by atoms with van der Waals surface area (Å²) in [5.74, 6) is 0.621. The Kier molecular flexibility index (Phi) is 4.96. The lowest BCUT2D eigenvalue weighted by Crippen LogP contribution is -1.96. The Morgan fingerprint density at radius 1 is 0.692 bits per heavy atom. The average Bonchev–Trinajstić information content (AvgIpc) is 3.75. The maximum atomic E-state index is 6.16. The number of hydrogen-bond donors (Lipinski definition) is 0. The Morgan fingerprint density at radius 2 is 1.62 bits per heavy atom. The molecule has 0 saturated carbocycles. The van der Waals surface area contributed by atoms with Gasteiger partial charge in [-0.05, 0) is 60.0 Å². The zero-order valence-corrected chi connectivity index (χ0v) is 21.6. The maximum Gasteiger partial charge on any atom is 0.227 e. The zero-order valence-electron chi connectivity index (χ0n) is 20.8. The van der Waals surface area contributed by atoms with Crippen LogP contribution in [0.15, 0.2) is 131 Å². The van der Waals surface area contributed by atoms with Gasteiger partial charge in [0.05, 0.1) is 16.7 Å². The van der Waals surface area contributed by atoms with Gasteiger partial charge in [0, 0.05) is 44.2 Å². The molecule has 5 heteroatoms. The molecule has 4 heterocycles. The number of rotatable bonds is 4. The van der Waals surface area contributed by atoms with Crippen molar-refractivity contribution in [2.24, 2.45) is 0 Å². The van der Waals surface area contributed by atoms with Crippen molar-refractivity contribution < 1.29 is 4.42 Å². The number of oxazole rings is 1. The Balaban J connectivity index is 1.44. The Labute approximate surface area is 228 Å². The predicted molar refractivity (Wildman–Crippen MR) is 160 cm³/mol. The first kappa shape index (κ1) is 22.0. The minimum Gasteiger partial charge on any atom is -0.436 e. The number of fused-ring (bicyclic) bond motifs is 4. The van der Waals surface area contributed by atoms with Gasteiger partial charge in [0.1, 0.15) is 5.52 Å². The lowest BCUT2D eigenvalue weighted by atomic mass is 10.1. The second-order valence-electron chi connectivity index (χ2n) is 9.50. The number of para-hydroxylation sites is 3. The Morgan fingerprint density at radius 3 is 2.49 bits per heavy atom. The van der Waals surface area contributed by atoms with E-state index in [1.54, 1.807) is 11.3 Å². The van der Waals surface area contributed by atoms with Crippen molar-refractivity contribution >= 4 is 44.2 Å². The zero-order chi connectivity index (χ0) is 25.8. The molecule has 0 radical (unpaired) electrons. The van der Waals surface area contributed by atoms with Crippen molar-refractivity contribution in [2.75, 3.05) is 0 Å². The SMILES string of the molecule is c1ccc(-c2cccc(-n3c4cc(-c5nc6ccccc6o5)ccc4c4cccc(-c5cccs5)c43)c2)nc1. The van der Waals surface area contributed by atoms with E-state index >= 15 is 0 Å². The van der Waals surface area contributed by atoms with Gasteiger partial charge in [-0.2, -0.15) is 0 Å². The summed E-state index contributed by atoms with van der Waals surface area (Å²) in [7, 11) is 0. The fourth-order valence-electron chi connectivity index (χ4n) is 5.43. The van der Waals surface area contributed by atoms with Gasteiger partial charge in [-0.3, -0.25) is 4.98 Å². The van der Waals surface area contributed by atoms with Gasteiger partial charge in [-0.1, -0.05) is 60.7 Å². The number of pyridine rings is 1. The molecule has 4 aromatic carbocycles. The predicted octanol–water partition coefficient (Wildman–Crippen LogP) is 9.38. The van der Waals surface area contributed by atoms with Gasteiger partial charge in [-0.15, -0.1) is 11.3 Å². The van der Waals surface area contributed by atoms with E-state index < -0.39 is 0 Å². The molecule has 0 aliphatic carbocycles. The molecule has 0 spiro atoms. The largest absolute Gasteiger partial charge is 0.436 e. The topological polar surface area (TPSA) is 43.9 Å². The van der Waals surface area contributed by atoms with E-state index in [2.05, 4.69) is 87.7 Å². The van der Waals surface area contributed by atoms with Crippen LogP contribution in [0.3, 0.4) is 0 Å². The number of hydrogen-bond acceptors (Lipinski definition) is 4. The van der Waals surface area contributed by atoms with E-state index in [1.807, 2.05) is 48.7 Å². The van der Waals surface area contributed by atoms with Crippen LogP contribution in [0.25, 0.3) is 71.7 Å². The van der Waals surface area contributed by atoms with Crippen molar-refractivity contribution in [1.82, 2.24) is 14.5 Å². The number of benzene rings is 4. The average molecular weight is 520 g/mol. The molecular formula is C34H21N3OS. The molecule has 0 saturated heterocycles. The second-order valence-corrected chi connectivity index (χ2v) is 10.4. The summed E-state index contributed by atoms with van der Waals surface area (Å²) < 4.78 is 8.53. The van der Waals surface area contributed by atoms with Gasteiger partial charge in [0.25, 0.3) is 0 Å². The summed E-state index contributed by atoms with van der Waals surface area (Å²) >= 11 is 1.76. The van der Waals surface area contributed by atoms with Gasteiger partial charge < -0.3 is 8.98 Å². The molecule has 0 N–H and O–H groups in total. The molecular weight excluding hydrogens is 498 g/mol. The van der Waals surface area contributed by atoms with Crippen LogP contribution in [0.4, 0.5) is 0 Å². The Bertz CT molecular complexity index is 2090. The molecule has 0 aliphatic rings. The van der Waals surface area contributed by atoms with Gasteiger partial charge >= 0.3 is 0 Å². The van der Waals surface area contributed by atoms with E-state index in [4.69, 9.17) is 9.40 Å². The lowest BCUT2D eigenvalue weighted by Gasteiger charge is -2.12. The highest BCUT2D eigenvalue weighted by Crippen LogP contribution is 2.41. The minimum atomic E-state index is 0.621. The van der Waals surface area contributed by atoms with Crippen molar-refractivity contribution in [3.05, 3.63) is 127 Å². The van der Waals surface area contributed by atoms with Crippen LogP contribution in [0.2, 0.25) is 0 Å². The summed E-state index contributed by atoms with van der Waals surface area (Å²) in [6.07, 6.45) is 1.84.